The number of hydrogen-bond donors (Lipinski definition) is 1. The van der Waals surface area contributed by atoms with Crippen LogP contribution >= 0.6 is 27.5 Å². The number of hydrogen-bond acceptors (Lipinski definition) is 3. The van der Waals surface area contributed by atoms with Crippen molar-refractivity contribution in [3.63, 3.8) is 0 Å². The molecule has 0 spiro atoms. The zero-order valence-corrected chi connectivity index (χ0v) is 18.8. The Morgan fingerprint density at radius 3 is 2.32 bits per heavy atom. The highest BCUT2D eigenvalue weighted by Crippen LogP contribution is 2.45. The van der Waals surface area contributed by atoms with Crippen LogP contribution in [-0.4, -0.2) is 23.2 Å². The molecule has 7 heteroatoms. The Hall–Kier alpha value is -3.09. The van der Waals surface area contributed by atoms with Gasteiger partial charge in [-0.15, -0.1) is 0 Å². The lowest BCUT2D eigenvalue weighted by Gasteiger charge is -2.26. The van der Waals surface area contributed by atoms with E-state index in [1.54, 1.807) is 24.1 Å². The number of aromatic nitrogens is 2. The van der Waals surface area contributed by atoms with Crippen LogP contribution in [0, 0.1) is 0 Å². The molecule has 0 radical (unpaired) electrons. The number of ether oxygens (including phenoxy) is 1. The summed E-state index contributed by atoms with van der Waals surface area (Å²) in [6, 6.07) is 22.6. The number of rotatable bonds is 4. The van der Waals surface area contributed by atoms with E-state index in [4.69, 9.17) is 16.3 Å². The van der Waals surface area contributed by atoms with E-state index < -0.39 is 0 Å². The highest BCUT2D eigenvalue weighted by Gasteiger charge is 2.43. The summed E-state index contributed by atoms with van der Waals surface area (Å²) in [5.74, 6) is 0.626. The Morgan fingerprint density at radius 1 is 1.00 bits per heavy atom. The molecule has 0 saturated carbocycles. The molecule has 0 unspecified atom stereocenters. The first-order valence-corrected chi connectivity index (χ1v) is 10.8. The topological polar surface area (TPSA) is 58.2 Å². The number of anilines is 1. The minimum Gasteiger partial charge on any atom is -0.497 e. The van der Waals surface area contributed by atoms with Crippen LogP contribution in [0.3, 0.4) is 0 Å². The number of benzene rings is 3. The molecule has 1 aliphatic rings. The molecule has 3 aromatic carbocycles. The van der Waals surface area contributed by atoms with Crippen molar-refractivity contribution in [1.29, 1.82) is 0 Å². The van der Waals surface area contributed by atoms with Crippen molar-refractivity contribution in [1.82, 2.24) is 10.2 Å². The van der Waals surface area contributed by atoms with Crippen LogP contribution in [0.15, 0.2) is 77.3 Å². The first kappa shape index (κ1) is 19.8. The zero-order valence-electron chi connectivity index (χ0n) is 16.5. The average Bonchev–Trinajstić information content (AvgIpc) is 3.34. The Labute approximate surface area is 192 Å². The summed E-state index contributed by atoms with van der Waals surface area (Å²) in [7, 11) is 1.63. The molecule has 1 atom stereocenters. The predicted molar refractivity (Wildman–Crippen MR) is 125 cm³/mol. The number of aromatic amines is 1. The van der Waals surface area contributed by atoms with Crippen LogP contribution < -0.4 is 9.64 Å². The highest BCUT2D eigenvalue weighted by atomic mass is 79.9. The van der Waals surface area contributed by atoms with Gasteiger partial charge in [-0.05, 0) is 54.1 Å². The summed E-state index contributed by atoms with van der Waals surface area (Å²) in [4.78, 5) is 15.3. The second kappa shape index (κ2) is 7.87. The third-order valence-electron chi connectivity index (χ3n) is 5.42. The lowest BCUT2D eigenvalue weighted by atomic mass is 9.96. The second-order valence-electron chi connectivity index (χ2n) is 7.20. The summed E-state index contributed by atoms with van der Waals surface area (Å²) < 4.78 is 6.30. The van der Waals surface area contributed by atoms with E-state index in [1.807, 2.05) is 60.7 Å². The van der Waals surface area contributed by atoms with Crippen molar-refractivity contribution in [2.45, 2.75) is 6.04 Å². The number of halogens is 2. The molecule has 0 bridgehead atoms. The monoisotopic (exact) mass is 493 g/mol. The summed E-state index contributed by atoms with van der Waals surface area (Å²) in [6.07, 6.45) is 0. The molecule has 4 aromatic rings. The largest absolute Gasteiger partial charge is 0.497 e. The van der Waals surface area contributed by atoms with E-state index in [0.29, 0.717) is 10.7 Å². The smallest absolute Gasteiger partial charge is 0.277 e. The van der Waals surface area contributed by atoms with E-state index in [2.05, 4.69) is 26.1 Å². The minimum atomic E-state index is -0.341. The summed E-state index contributed by atoms with van der Waals surface area (Å²) in [5, 5.41) is 8.10. The molecule has 0 fully saturated rings. The third kappa shape index (κ3) is 3.42. The van der Waals surface area contributed by atoms with E-state index in [0.717, 1.165) is 38.3 Å². The Balaban J connectivity index is 1.70. The number of carbonyl (C=O) groups excluding carboxylic acids is 1. The first-order chi connectivity index (χ1) is 15.1. The predicted octanol–water partition coefficient (Wildman–Crippen LogP) is 6.25. The second-order valence-corrected chi connectivity index (χ2v) is 8.55. The van der Waals surface area contributed by atoms with E-state index in [-0.39, 0.29) is 11.9 Å². The maximum Gasteiger partial charge on any atom is 0.277 e. The van der Waals surface area contributed by atoms with Crippen LogP contribution in [0.1, 0.15) is 27.7 Å². The fraction of sp³-hybridized carbons (Fsp3) is 0.0833. The van der Waals surface area contributed by atoms with Gasteiger partial charge in [-0.2, -0.15) is 5.10 Å². The molecule has 5 nitrogen and oxygen atoms in total. The Kier molecular flexibility index (Phi) is 5.04. The number of H-pyrrole nitrogens is 1. The quantitative estimate of drug-likeness (QED) is 0.365. The molecule has 0 aliphatic carbocycles. The lowest BCUT2D eigenvalue weighted by Crippen LogP contribution is -2.29. The molecule has 1 amide bonds. The normalized spacial score (nSPS) is 15.3. The third-order valence-corrected chi connectivity index (χ3v) is 6.20. The van der Waals surface area contributed by atoms with Crippen molar-refractivity contribution in [2.24, 2.45) is 0 Å². The SMILES string of the molecule is COc1ccc([C@@H]2c3c(-c4ccc(Br)cc4)n[nH]c3C(=O)N2c2ccc(Cl)cc2)cc1. The molecule has 1 N–H and O–H groups in total. The average molecular weight is 495 g/mol. The molecular weight excluding hydrogens is 478 g/mol. The highest BCUT2D eigenvalue weighted by molar-refractivity contribution is 9.10. The van der Waals surface area contributed by atoms with E-state index >= 15 is 0 Å². The van der Waals surface area contributed by atoms with Crippen LogP contribution in [0.4, 0.5) is 5.69 Å². The van der Waals surface area contributed by atoms with Crippen LogP contribution in [0.5, 0.6) is 5.75 Å². The molecule has 5 rings (SSSR count). The first-order valence-electron chi connectivity index (χ1n) is 9.64. The van der Waals surface area contributed by atoms with Gasteiger partial charge >= 0.3 is 0 Å². The van der Waals surface area contributed by atoms with Gasteiger partial charge in [-0.3, -0.25) is 14.8 Å². The van der Waals surface area contributed by atoms with Gasteiger partial charge in [0, 0.05) is 26.3 Å². The van der Waals surface area contributed by atoms with Crippen LogP contribution in [-0.2, 0) is 0 Å². The van der Waals surface area contributed by atoms with Crippen molar-refractivity contribution in [3.8, 4) is 17.0 Å². The van der Waals surface area contributed by atoms with Crippen LogP contribution in [0.2, 0.25) is 5.02 Å². The maximum absolute atomic E-state index is 13.5. The molecule has 0 saturated heterocycles. The van der Waals surface area contributed by atoms with Gasteiger partial charge in [0.05, 0.1) is 18.8 Å². The number of nitrogens with zero attached hydrogens (tertiary/aromatic N) is 2. The summed E-state index contributed by atoms with van der Waals surface area (Å²) >= 11 is 9.57. The number of fused-ring (bicyclic) bond motifs is 1. The van der Waals surface area contributed by atoms with Crippen molar-refractivity contribution in [3.05, 3.63) is 99.1 Å². The summed E-state index contributed by atoms with van der Waals surface area (Å²) in [6.45, 7) is 0. The zero-order chi connectivity index (χ0) is 21.5. The molecule has 2 heterocycles. The number of carbonyl (C=O) groups is 1. The molecule has 154 valence electrons. The van der Waals surface area contributed by atoms with Gasteiger partial charge in [-0.25, -0.2) is 0 Å². The van der Waals surface area contributed by atoms with Gasteiger partial charge in [0.1, 0.15) is 11.4 Å². The summed E-state index contributed by atoms with van der Waals surface area (Å²) in [5.41, 5.74) is 4.77. The lowest BCUT2D eigenvalue weighted by molar-refractivity contribution is 0.0989. The van der Waals surface area contributed by atoms with Gasteiger partial charge in [-0.1, -0.05) is 51.8 Å². The fourth-order valence-corrected chi connectivity index (χ4v) is 4.33. The van der Waals surface area contributed by atoms with Crippen molar-refractivity contribution < 1.29 is 9.53 Å². The van der Waals surface area contributed by atoms with E-state index in [1.165, 1.54) is 0 Å². The number of methoxy groups -OCH3 is 1. The molecule has 1 aliphatic heterocycles. The standard InChI is InChI=1S/C24H17BrClN3O2/c1-31-19-12-4-15(5-13-19)23-20-21(14-2-6-16(25)7-3-14)27-28-22(20)24(30)29(23)18-10-8-17(26)9-11-18/h2-13,23H,1H3,(H,27,28)/t23-/m1/s1. The Bertz CT molecular complexity index is 1250. The Morgan fingerprint density at radius 2 is 1.68 bits per heavy atom. The van der Waals surface area contributed by atoms with Gasteiger partial charge < -0.3 is 4.74 Å². The molecule has 31 heavy (non-hydrogen) atoms. The van der Waals surface area contributed by atoms with Crippen molar-refractivity contribution in [2.75, 3.05) is 12.0 Å². The van der Waals surface area contributed by atoms with Gasteiger partial charge in [0.25, 0.3) is 5.91 Å². The van der Waals surface area contributed by atoms with Crippen LogP contribution in [0.25, 0.3) is 11.3 Å². The molecule has 1 aromatic heterocycles. The number of nitrogens with one attached hydrogen (secondary N) is 1. The van der Waals surface area contributed by atoms with E-state index in [9.17, 15) is 4.79 Å². The van der Waals surface area contributed by atoms with Crippen molar-refractivity contribution >= 4 is 39.1 Å². The number of amides is 1. The van der Waals surface area contributed by atoms with Gasteiger partial charge in [0.2, 0.25) is 0 Å². The maximum atomic E-state index is 13.5. The van der Waals surface area contributed by atoms with Gasteiger partial charge in [0.15, 0.2) is 0 Å². The minimum absolute atomic E-state index is 0.131. The fourth-order valence-electron chi connectivity index (χ4n) is 3.94. The molecular formula is C24H17BrClN3O2.